The van der Waals surface area contributed by atoms with E-state index in [0.29, 0.717) is 26.1 Å². The van der Waals surface area contributed by atoms with E-state index in [-0.39, 0.29) is 19.3 Å². The number of hydrogen-bond acceptors (Lipinski definition) is 5. The molecule has 0 radical (unpaired) electrons. The second-order valence-corrected chi connectivity index (χ2v) is 5.10. The molecule has 96 valence electrons. The molecule has 0 bridgehead atoms. The number of ether oxygens (including phenoxy) is 1. The molecule has 16 heavy (non-hydrogen) atoms. The van der Waals surface area contributed by atoms with Gasteiger partial charge in [-0.3, -0.25) is 0 Å². The van der Waals surface area contributed by atoms with Crippen molar-refractivity contribution in [2.24, 2.45) is 5.41 Å². The SMILES string of the molecule is CC1OCCC1(O)CNCC(C)(CO)CO. The maximum absolute atomic E-state index is 10.2. The Balaban J connectivity index is 2.35. The van der Waals surface area contributed by atoms with Gasteiger partial charge in [-0.15, -0.1) is 0 Å². The summed E-state index contributed by atoms with van der Waals surface area (Å²) in [5.41, 5.74) is -1.37. The van der Waals surface area contributed by atoms with E-state index in [1.54, 1.807) is 6.92 Å². The molecule has 5 nitrogen and oxygen atoms in total. The van der Waals surface area contributed by atoms with E-state index >= 15 is 0 Å². The molecule has 0 spiro atoms. The highest BCUT2D eigenvalue weighted by Gasteiger charge is 2.39. The Morgan fingerprint density at radius 1 is 1.44 bits per heavy atom. The van der Waals surface area contributed by atoms with Gasteiger partial charge in [-0.05, 0) is 6.92 Å². The molecule has 0 aliphatic carbocycles. The average Bonchev–Trinajstić information content (AvgIpc) is 2.59. The van der Waals surface area contributed by atoms with Crippen molar-refractivity contribution < 1.29 is 20.1 Å². The fourth-order valence-corrected chi connectivity index (χ4v) is 1.75. The van der Waals surface area contributed by atoms with Gasteiger partial charge in [0.2, 0.25) is 0 Å². The number of nitrogens with one attached hydrogen (secondary N) is 1. The third kappa shape index (κ3) is 3.15. The van der Waals surface area contributed by atoms with Gasteiger partial charge in [-0.25, -0.2) is 0 Å². The van der Waals surface area contributed by atoms with Gasteiger partial charge in [0.25, 0.3) is 0 Å². The average molecular weight is 233 g/mol. The third-order valence-corrected chi connectivity index (χ3v) is 3.41. The monoisotopic (exact) mass is 233 g/mol. The maximum atomic E-state index is 10.2. The van der Waals surface area contributed by atoms with Crippen LogP contribution in [0.2, 0.25) is 0 Å². The molecule has 1 heterocycles. The van der Waals surface area contributed by atoms with E-state index in [1.165, 1.54) is 0 Å². The van der Waals surface area contributed by atoms with Crippen LogP contribution in [-0.4, -0.2) is 59.9 Å². The summed E-state index contributed by atoms with van der Waals surface area (Å²) < 4.78 is 5.31. The predicted octanol–water partition coefficient (Wildman–Crippen LogP) is -0.893. The van der Waals surface area contributed by atoms with E-state index in [2.05, 4.69) is 5.32 Å². The standard InChI is InChI=1S/C11H23NO4/c1-9-11(15,3-4-16-9)6-12-5-10(2,7-13)8-14/h9,12-15H,3-8H2,1-2H3. The smallest absolute Gasteiger partial charge is 0.105 e. The molecule has 2 unspecified atom stereocenters. The summed E-state index contributed by atoms with van der Waals surface area (Å²) in [4.78, 5) is 0. The summed E-state index contributed by atoms with van der Waals surface area (Å²) in [6.07, 6.45) is 0.449. The van der Waals surface area contributed by atoms with Crippen LogP contribution < -0.4 is 5.32 Å². The second kappa shape index (κ2) is 5.42. The molecule has 2 atom stereocenters. The first-order chi connectivity index (χ1) is 7.46. The van der Waals surface area contributed by atoms with Crippen molar-refractivity contribution in [2.75, 3.05) is 32.9 Å². The van der Waals surface area contributed by atoms with Crippen LogP contribution in [0.1, 0.15) is 20.3 Å². The van der Waals surface area contributed by atoms with E-state index < -0.39 is 11.0 Å². The molecule has 1 rings (SSSR count). The fourth-order valence-electron chi connectivity index (χ4n) is 1.75. The molecule has 1 saturated heterocycles. The Kier molecular flexibility index (Phi) is 4.70. The number of hydrogen-bond donors (Lipinski definition) is 4. The summed E-state index contributed by atoms with van der Waals surface area (Å²) in [5.74, 6) is 0. The molecule has 0 saturated carbocycles. The van der Waals surface area contributed by atoms with Crippen molar-refractivity contribution in [3.05, 3.63) is 0 Å². The zero-order chi connectivity index (χ0) is 12.2. The molecular weight excluding hydrogens is 210 g/mol. The molecule has 0 amide bonds. The molecule has 0 aromatic carbocycles. The summed E-state index contributed by atoms with van der Waals surface area (Å²) in [6, 6.07) is 0. The van der Waals surface area contributed by atoms with E-state index in [9.17, 15) is 5.11 Å². The van der Waals surface area contributed by atoms with Crippen molar-refractivity contribution in [1.82, 2.24) is 5.32 Å². The molecule has 1 aliphatic rings. The molecule has 0 aromatic heterocycles. The first kappa shape index (κ1) is 13.9. The van der Waals surface area contributed by atoms with Crippen molar-refractivity contribution in [3.8, 4) is 0 Å². The summed E-state index contributed by atoms with van der Waals surface area (Å²) in [7, 11) is 0. The molecule has 1 aliphatic heterocycles. The van der Waals surface area contributed by atoms with Crippen LogP contribution in [-0.2, 0) is 4.74 Å². The van der Waals surface area contributed by atoms with Crippen LogP contribution >= 0.6 is 0 Å². The van der Waals surface area contributed by atoms with Crippen LogP contribution in [0.4, 0.5) is 0 Å². The Morgan fingerprint density at radius 3 is 2.50 bits per heavy atom. The van der Waals surface area contributed by atoms with Gasteiger partial charge in [-0.1, -0.05) is 6.92 Å². The minimum atomic E-state index is -0.828. The zero-order valence-corrected chi connectivity index (χ0v) is 10.1. The van der Waals surface area contributed by atoms with Crippen molar-refractivity contribution in [2.45, 2.75) is 32.0 Å². The van der Waals surface area contributed by atoms with Gasteiger partial charge in [0, 0.05) is 31.5 Å². The molecular formula is C11H23NO4. The lowest BCUT2D eigenvalue weighted by molar-refractivity contribution is -0.0293. The van der Waals surface area contributed by atoms with Gasteiger partial charge in [0.15, 0.2) is 0 Å². The van der Waals surface area contributed by atoms with Crippen molar-refractivity contribution in [1.29, 1.82) is 0 Å². The summed E-state index contributed by atoms with van der Waals surface area (Å²) in [5, 5.41) is 31.5. The Bertz CT molecular complexity index is 220. The third-order valence-electron chi connectivity index (χ3n) is 3.41. The van der Waals surface area contributed by atoms with Crippen molar-refractivity contribution in [3.63, 3.8) is 0 Å². The number of aliphatic hydroxyl groups excluding tert-OH is 2. The molecule has 5 heteroatoms. The first-order valence-electron chi connectivity index (χ1n) is 5.72. The minimum Gasteiger partial charge on any atom is -0.396 e. The maximum Gasteiger partial charge on any atom is 0.105 e. The van der Waals surface area contributed by atoms with Crippen LogP contribution in [0.15, 0.2) is 0 Å². The molecule has 0 aromatic rings. The Hall–Kier alpha value is -0.200. The zero-order valence-electron chi connectivity index (χ0n) is 10.1. The highest BCUT2D eigenvalue weighted by molar-refractivity contribution is 4.92. The van der Waals surface area contributed by atoms with Gasteiger partial charge in [0.05, 0.1) is 19.3 Å². The van der Waals surface area contributed by atoms with Crippen LogP contribution in [0, 0.1) is 5.41 Å². The van der Waals surface area contributed by atoms with Crippen molar-refractivity contribution >= 4 is 0 Å². The van der Waals surface area contributed by atoms with E-state index in [0.717, 1.165) is 0 Å². The lowest BCUT2D eigenvalue weighted by atomic mass is 9.91. The number of rotatable bonds is 6. The lowest BCUT2D eigenvalue weighted by Crippen LogP contribution is -2.49. The lowest BCUT2D eigenvalue weighted by Gasteiger charge is -2.30. The van der Waals surface area contributed by atoms with Gasteiger partial charge in [-0.2, -0.15) is 0 Å². The number of aliphatic hydroxyl groups is 3. The summed E-state index contributed by atoms with van der Waals surface area (Å²) >= 11 is 0. The highest BCUT2D eigenvalue weighted by Crippen LogP contribution is 2.25. The Labute approximate surface area is 96.4 Å². The van der Waals surface area contributed by atoms with Crippen LogP contribution in [0.3, 0.4) is 0 Å². The van der Waals surface area contributed by atoms with Crippen LogP contribution in [0.25, 0.3) is 0 Å². The van der Waals surface area contributed by atoms with Gasteiger partial charge >= 0.3 is 0 Å². The van der Waals surface area contributed by atoms with E-state index in [1.807, 2.05) is 6.92 Å². The van der Waals surface area contributed by atoms with Crippen LogP contribution in [0.5, 0.6) is 0 Å². The Morgan fingerprint density at radius 2 is 2.06 bits per heavy atom. The molecule has 4 N–H and O–H groups in total. The van der Waals surface area contributed by atoms with Gasteiger partial charge in [0.1, 0.15) is 5.60 Å². The van der Waals surface area contributed by atoms with Gasteiger partial charge < -0.3 is 25.4 Å². The van der Waals surface area contributed by atoms with E-state index in [4.69, 9.17) is 14.9 Å². The normalized spacial score (nSPS) is 30.9. The molecule has 1 fully saturated rings. The predicted molar refractivity (Wildman–Crippen MR) is 60.1 cm³/mol. The fraction of sp³-hybridized carbons (Fsp3) is 1.00. The summed E-state index contributed by atoms with van der Waals surface area (Å²) in [6.45, 7) is 4.95. The second-order valence-electron chi connectivity index (χ2n) is 5.10. The first-order valence-corrected chi connectivity index (χ1v) is 5.72. The minimum absolute atomic E-state index is 0.0824. The highest BCUT2D eigenvalue weighted by atomic mass is 16.5. The topological polar surface area (TPSA) is 82.0 Å². The largest absolute Gasteiger partial charge is 0.396 e. The quantitative estimate of drug-likeness (QED) is 0.478.